The van der Waals surface area contributed by atoms with Gasteiger partial charge in [0.2, 0.25) is 0 Å². The molecule has 21 heavy (non-hydrogen) atoms. The van der Waals surface area contributed by atoms with Crippen LogP contribution in [-0.2, 0) is 0 Å². The highest BCUT2D eigenvalue weighted by atomic mass is 14.5. The van der Waals surface area contributed by atoms with Crippen LogP contribution in [0.5, 0.6) is 0 Å². The summed E-state index contributed by atoms with van der Waals surface area (Å²) in [4.78, 5) is 0. The summed E-state index contributed by atoms with van der Waals surface area (Å²) in [5.41, 5.74) is 4.32. The molecule has 0 amide bonds. The van der Waals surface area contributed by atoms with E-state index in [-0.39, 0.29) is 0 Å². The molecule has 1 aromatic carbocycles. The Hall–Kier alpha value is -2.00. The average molecular weight is 274 g/mol. The molecule has 2 atom stereocenters. The maximum atomic E-state index is 3.39. The van der Waals surface area contributed by atoms with E-state index in [1.165, 1.54) is 23.1 Å². The number of hydrogen-bond acceptors (Lipinski definition) is 0. The predicted molar refractivity (Wildman–Crippen MR) is 90.5 cm³/mol. The van der Waals surface area contributed by atoms with E-state index in [4.69, 9.17) is 0 Å². The third-order valence-corrected chi connectivity index (χ3v) is 4.92. The summed E-state index contributed by atoms with van der Waals surface area (Å²) in [6.45, 7) is 7.01. The second kappa shape index (κ2) is 5.41. The van der Waals surface area contributed by atoms with Gasteiger partial charge in [0.15, 0.2) is 0 Å². The van der Waals surface area contributed by atoms with Gasteiger partial charge in [-0.25, -0.2) is 0 Å². The Bertz CT molecular complexity index is 672. The van der Waals surface area contributed by atoms with Gasteiger partial charge in [0.25, 0.3) is 0 Å². The Labute approximate surface area is 128 Å². The molecule has 106 valence electrons. The second-order valence-corrected chi connectivity index (χ2v) is 6.68. The lowest BCUT2D eigenvalue weighted by Crippen LogP contribution is -2.30. The minimum absolute atomic E-state index is 0.325. The lowest BCUT2D eigenvalue weighted by molar-refractivity contribution is 0.212. The van der Waals surface area contributed by atoms with Crippen LogP contribution in [-0.4, -0.2) is 0 Å². The molecule has 2 bridgehead atoms. The third kappa shape index (κ3) is 2.61. The van der Waals surface area contributed by atoms with Gasteiger partial charge in [-0.3, -0.25) is 0 Å². The molecule has 0 fully saturated rings. The van der Waals surface area contributed by atoms with Gasteiger partial charge in [-0.2, -0.15) is 0 Å². The van der Waals surface area contributed by atoms with Gasteiger partial charge < -0.3 is 0 Å². The maximum absolute atomic E-state index is 3.39. The summed E-state index contributed by atoms with van der Waals surface area (Å²) in [6, 6.07) is 10.3. The molecule has 0 heteroatoms. The van der Waals surface area contributed by atoms with E-state index in [0.29, 0.717) is 17.3 Å². The molecular formula is C21H22. The molecule has 2 aliphatic rings. The first-order valence-corrected chi connectivity index (χ1v) is 7.70. The average Bonchev–Trinajstić information content (AvgIpc) is 2.60. The first kappa shape index (κ1) is 14.0. The number of fused-ring (bicyclic) bond motifs is 2. The lowest BCUT2D eigenvalue weighted by Gasteiger charge is -2.38. The standard InChI is InChI=1S/C21H22/c1-16-13-14-19-15-18(20(16)21(19,2)3)12-8-7-11-17-9-5-4-6-10-17/h4-7,9-11,13,15,19-20H,14H2,1-3H3/b11-7+/t19-,20+/m0/s1. The van der Waals surface area contributed by atoms with Crippen molar-refractivity contribution in [1.29, 1.82) is 0 Å². The molecule has 0 saturated carbocycles. The summed E-state index contributed by atoms with van der Waals surface area (Å²) in [6.07, 6.45) is 10.00. The quantitative estimate of drug-likeness (QED) is 0.484. The fourth-order valence-electron chi connectivity index (χ4n) is 3.72. The van der Waals surface area contributed by atoms with Crippen LogP contribution in [0, 0.1) is 29.1 Å². The van der Waals surface area contributed by atoms with Gasteiger partial charge in [-0.05, 0) is 42.4 Å². The first-order valence-electron chi connectivity index (χ1n) is 7.70. The van der Waals surface area contributed by atoms with Gasteiger partial charge in [0, 0.05) is 11.5 Å². The summed E-state index contributed by atoms with van der Waals surface area (Å²) < 4.78 is 0. The van der Waals surface area contributed by atoms with Crippen molar-refractivity contribution in [2.24, 2.45) is 17.3 Å². The zero-order valence-corrected chi connectivity index (χ0v) is 13.1. The van der Waals surface area contributed by atoms with Crippen molar-refractivity contribution in [3.05, 3.63) is 65.3 Å². The van der Waals surface area contributed by atoms with E-state index in [1.54, 1.807) is 0 Å². The Kier molecular flexibility index (Phi) is 3.60. The smallest absolute Gasteiger partial charge is 0.0179 e. The highest BCUT2D eigenvalue weighted by Gasteiger charge is 2.45. The van der Waals surface area contributed by atoms with Gasteiger partial charge >= 0.3 is 0 Å². The highest BCUT2D eigenvalue weighted by molar-refractivity contribution is 5.54. The number of allylic oxidation sites excluding steroid dienone is 5. The van der Waals surface area contributed by atoms with Crippen LogP contribution in [0.15, 0.2) is 59.7 Å². The summed E-state index contributed by atoms with van der Waals surface area (Å²) in [5.74, 6) is 7.77. The second-order valence-electron chi connectivity index (χ2n) is 6.68. The molecule has 1 aromatic rings. The minimum Gasteiger partial charge on any atom is -0.0843 e. The molecule has 0 nitrogen and oxygen atoms in total. The van der Waals surface area contributed by atoms with Crippen LogP contribution in [0.2, 0.25) is 0 Å². The van der Waals surface area contributed by atoms with Gasteiger partial charge in [0.1, 0.15) is 0 Å². The molecular weight excluding hydrogens is 252 g/mol. The molecule has 0 aromatic heterocycles. The molecule has 2 aliphatic carbocycles. The van der Waals surface area contributed by atoms with Crippen LogP contribution in [0.3, 0.4) is 0 Å². The van der Waals surface area contributed by atoms with Crippen LogP contribution in [0.25, 0.3) is 6.08 Å². The maximum Gasteiger partial charge on any atom is 0.0179 e. The van der Waals surface area contributed by atoms with Gasteiger partial charge in [0.05, 0.1) is 0 Å². The van der Waals surface area contributed by atoms with Crippen molar-refractivity contribution in [3.8, 4) is 11.8 Å². The van der Waals surface area contributed by atoms with Crippen molar-refractivity contribution < 1.29 is 0 Å². The Morgan fingerprint density at radius 3 is 2.71 bits per heavy atom. The normalized spacial score (nSPS) is 26.0. The van der Waals surface area contributed by atoms with Crippen LogP contribution in [0.1, 0.15) is 32.8 Å². The highest BCUT2D eigenvalue weighted by Crippen LogP contribution is 2.54. The Morgan fingerprint density at radius 2 is 1.95 bits per heavy atom. The lowest BCUT2D eigenvalue weighted by atomic mass is 9.66. The van der Waals surface area contributed by atoms with Crippen molar-refractivity contribution >= 4 is 6.08 Å². The summed E-state index contributed by atoms with van der Waals surface area (Å²) in [7, 11) is 0. The largest absolute Gasteiger partial charge is 0.0843 e. The molecule has 0 heterocycles. The minimum atomic E-state index is 0.325. The van der Waals surface area contributed by atoms with Crippen molar-refractivity contribution in [2.75, 3.05) is 0 Å². The van der Waals surface area contributed by atoms with Crippen molar-refractivity contribution in [3.63, 3.8) is 0 Å². The predicted octanol–water partition coefficient (Wildman–Crippen LogP) is 5.25. The van der Waals surface area contributed by atoms with Gasteiger partial charge in [-0.1, -0.05) is 73.7 Å². The molecule has 3 rings (SSSR count). The van der Waals surface area contributed by atoms with E-state index in [9.17, 15) is 0 Å². The zero-order chi connectivity index (χ0) is 14.9. The molecule has 0 aliphatic heterocycles. The number of rotatable bonds is 1. The molecule has 0 unspecified atom stereocenters. The van der Waals surface area contributed by atoms with E-state index < -0.39 is 0 Å². The molecule has 0 spiro atoms. The van der Waals surface area contributed by atoms with Crippen LogP contribution < -0.4 is 0 Å². The molecule has 0 N–H and O–H groups in total. The van der Waals surface area contributed by atoms with E-state index in [1.807, 2.05) is 24.3 Å². The van der Waals surface area contributed by atoms with Crippen LogP contribution >= 0.6 is 0 Å². The van der Waals surface area contributed by atoms with Gasteiger partial charge in [-0.15, -0.1) is 0 Å². The van der Waals surface area contributed by atoms with Crippen LogP contribution in [0.4, 0.5) is 0 Å². The van der Waals surface area contributed by atoms with Crippen molar-refractivity contribution in [2.45, 2.75) is 27.2 Å². The van der Waals surface area contributed by atoms with E-state index in [2.05, 4.69) is 63.0 Å². The third-order valence-electron chi connectivity index (χ3n) is 4.92. The SMILES string of the molecule is CC1=CC[C@H]2C=C(C#C/C=C/c3ccccc3)[C@@H]1C2(C)C. The fourth-order valence-corrected chi connectivity index (χ4v) is 3.72. The zero-order valence-electron chi connectivity index (χ0n) is 13.1. The van der Waals surface area contributed by atoms with E-state index >= 15 is 0 Å². The number of benzene rings is 1. The first-order chi connectivity index (χ1) is 10.1. The topological polar surface area (TPSA) is 0 Å². The monoisotopic (exact) mass is 274 g/mol. The van der Waals surface area contributed by atoms with E-state index in [0.717, 1.165) is 0 Å². The summed E-state index contributed by atoms with van der Waals surface area (Å²) >= 11 is 0. The molecule has 0 radical (unpaired) electrons. The molecule has 0 saturated heterocycles. The Morgan fingerprint density at radius 1 is 1.19 bits per heavy atom. The number of hydrogen-bond donors (Lipinski definition) is 0. The van der Waals surface area contributed by atoms with Crippen molar-refractivity contribution in [1.82, 2.24) is 0 Å². The Balaban J connectivity index is 1.78. The fraction of sp³-hybridized carbons (Fsp3) is 0.333. The summed E-state index contributed by atoms with van der Waals surface area (Å²) in [5, 5.41) is 0.